The molecule has 0 unspecified atom stereocenters. The van der Waals surface area contributed by atoms with Crippen molar-refractivity contribution in [3.63, 3.8) is 0 Å². The van der Waals surface area contributed by atoms with Crippen LogP contribution in [-0.2, 0) is 11.3 Å². The Morgan fingerprint density at radius 2 is 2.00 bits per heavy atom. The number of hydrogen-bond donors (Lipinski definition) is 0. The van der Waals surface area contributed by atoms with Crippen LogP contribution in [-0.4, -0.2) is 36.7 Å². The van der Waals surface area contributed by atoms with Crippen molar-refractivity contribution in [2.75, 3.05) is 13.2 Å². The molecule has 8 heteroatoms. The lowest BCUT2D eigenvalue weighted by molar-refractivity contribution is 0.0225. The van der Waals surface area contributed by atoms with Crippen molar-refractivity contribution < 1.29 is 27.2 Å². The van der Waals surface area contributed by atoms with Gasteiger partial charge in [-0.05, 0) is 20.8 Å². The van der Waals surface area contributed by atoms with E-state index in [0.29, 0.717) is 5.56 Å². The summed E-state index contributed by atoms with van der Waals surface area (Å²) >= 11 is 0. The average Bonchev–Trinajstić information content (AvgIpc) is 2.56. The Hall–Kier alpha value is -1.86. The quantitative estimate of drug-likeness (QED) is 0.748. The van der Waals surface area contributed by atoms with Gasteiger partial charge in [0.2, 0.25) is 0 Å². The van der Waals surface area contributed by atoms with Gasteiger partial charge in [0.25, 0.3) is 0 Å². The number of halogens is 3. The van der Waals surface area contributed by atoms with Gasteiger partial charge in [-0.2, -0.15) is 0 Å². The van der Waals surface area contributed by atoms with Gasteiger partial charge < -0.3 is 27.3 Å². The molecule has 1 amide bonds. The molecular weight excluding hydrogens is 298 g/mol. The van der Waals surface area contributed by atoms with E-state index < -0.39 is 24.1 Å². The zero-order valence-corrected chi connectivity index (χ0v) is 12.7. The first-order valence-corrected chi connectivity index (χ1v) is 7.00. The van der Waals surface area contributed by atoms with E-state index in [-0.39, 0.29) is 25.4 Å². The molecule has 1 heterocycles. The summed E-state index contributed by atoms with van der Waals surface area (Å²) < 4.78 is 49.7. The number of carbonyl (C=O) groups excluding carboxylic acids is 1. The normalized spacial score (nSPS) is 15.6. The lowest BCUT2D eigenvalue weighted by atomic mass is 9.78. The molecule has 0 N–H and O–H groups in total. The van der Waals surface area contributed by atoms with Gasteiger partial charge in [-0.25, -0.2) is 4.79 Å². The highest BCUT2D eigenvalue weighted by Gasteiger charge is 2.32. The van der Waals surface area contributed by atoms with Gasteiger partial charge >= 0.3 is 13.1 Å². The minimum atomic E-state index is -5.16. The van der Waals surface area contributed by atoms with Crippen LogP contribution in [0.3, 0.4) is 0 Å². The highest BCUT2D eigenvalue weighted by molar-refractivity contribution is 6.74. The topological polar surface area (TPSA) is 38.8 Å². The molecule has 22 heavy (non-hydrogen) atoms. The van der Waals surface area contributed by atoms with E-state index in [1.54, 1.807) is 20.8 Å². The van der Waals surface area contributed by atoms with E-state index in [9.17, 15) is 17.7 Å². The Kier molecular flexibility index (Phi) is 4.31. The molecule has 1 aliphatic rings. The molecule has 0 radical (unpaired) electrons. The fraction of sp³-hybridized carbons (Fsp3) is 0.500. The first-order valence-electron chi connectivity index (χ1n) is 7.00. The number of amides is 1. The summed E-state index contributed by atoms with van der Waals surface area (Å²) in [4.78, 5) is 13.4. The molecule has 4 nitrogen and oxygen atoms in total. The Labute approximate surface area is 127 Å². The van der Waals surface area contributed by atoms with Crippen molar-refractivity contribution in [3.05, 3.63) is 23.8 Å². The Balaban J connectivity index is 2.27. The molecule has 0 aliphatic carbocycles. The van der Waals surface area contributed by atoms with E-state index in [1.165, 1.54) is 17.0 Å². The average molecular weight is 316 g/mol. The van der Waals surface area contributed by atoms with Crippen molar-refractivity contribution in [2.24, 2.45) is 0 Å². The summed E-state index contributed by atoms with van der Waals surface area (Å²) in [6.07, 6.45) is -0.563. The maximum absolute atomic E-state index is 13.1. The molecule has 1 aliphatic heterocycles. The van der Waals surface area contributed by atoms with Crippen molar-refractivity contribution in [1.29, 1.82) is 0 Å². The predicted molar refractivity (Wildman–Crippen MR) is 77.3 cm³/mol. The second-order valence-corrected chi connectivity index (χ2v) is 6.16. The van der Waals surface area contributed by atoms with Crippen LogP contribution in [0.5, 0.6) is 5.75 Å². The summed E-state index contributed by atoms with van der Waals surface area (Å²) in [5.74, 6) is -0.180. The monoisotopic (exact) mass is 316 g/mol. The summed E-state index contributed by atoms with van der Waals surface area (Å²) in [7, 11) is 0. The van der Waals surface area contributed by atoms with Gasteiger partial charge in [-0.3, -0.25) is 0 Å². The fourth-order valence-electron chi connectivity index (χ4n) is 2.19. The Morgan fingerprint density at radius 3 is 2.59 bits per heavy atom. The first kappa shape index (κ1) is 16.5. The fourth-order valence-corrected chi connectivity index (χ4v) is 2.19. The molecule has 1 aromatic carbocycles. The second kappa shape index (κ2) is 5.74. The van der Waals surface area contributed by atoms with E-state index in [0.717, 1.165) is 6.07 Å². The molecule has 0 spiro atoms. The lowest BCUT2D eigenvalue weighted by Crippen LogP contribution is -2.37. The molecule has 0 fully saturated rings. The van der Waals surface area contributed by atoms with Gasteiger partial charge in [0.1, 0.15) is 12.2 Å². The third kappa shape index (κ3) is 3.87. The molecule has 0 saturated carbocycles. The highest BCUT2D eigenvalue weighted by Crippen LogP contribution is 2.26. The molecule has 1 aromatic rings. The standard InChI is InChI=1S/C14H18BF3NO3/c1-14(2,3)22-13(20)19-7-8-21-12-10(9-19)5-4-6-11(12)15(16,17)18/h4-6H,7-9H2,1-3H3/q-1. The highest BCUT2D eigenvalue weighted by atomic mass is 19.4. The van der Waals surface area contributed by atoms with Crippen LogP contribution >= 0.6 is 0 Å². The number of rotatable bonds is 1. The van der Waals surface area contributed by atoms with Crippen LogP contribution < -0.4 is 10.2 Å². The minimum absolute atomic E-state index is 0.00455. The smallest absolute Gasteiger partial charge is 0.494 e. The molecule has 0 saturated heterocycles. The van der Waals surface area contributed by atoms with Crippen molar-refractivity contribution in [3.8, 4) is 5.75 Å². The van der Waals surface area contributed by atoms with Gasteiger partial charge in [-0.1, -0.05) is 23.7 Å². The molecule has 2 rings (SSSR count). The zero-order chi connectivity index (χ0) is 16.5. The summed E-state index contributed by atoms with van der Waals surface area (Å²) in [5, 5.41) is 0. The largest absolute Gasteiger partial charge is 0.513 e. The van der Waals surface area contributed by atoms with Crippen molar-refractivity contribution >= 4 is 18.5 Å². The molecule has 0 atom stereocenters. The van der Waals surface area contributed by atoms with E-state index >= 15 is 0 Å². The number of nitrogens with zero attached hydrogens (tertiary/aromatic N) is 1. The second-order valence-electron chi connectivity index (χ2n) is 6.16. The Morgan fingerprint density at radius 1 is 1.32 bits per heavy atom. The molecule has 122 valence electrons. The predicted octanol–water partition coefficient (Wildman–Crippen LogP) is 2.87. The number of fused-ring (bicyclic) bond motifs is 1. The molecular formula is C14H18BF3NO3-. The van der Waals surface area contributed by atoms with Crippen LogP contribution in [0.4, 0.5) is 17.7 Å². The summed E-state index contributed by atoms with van der Waals surface area (Å²) in [6, 6.07) is 3.86. The SMILES string of the molecule is CC(C)(C)OC(=O)N1CCOc2c(cccc2[B-](F)(F)F)C1. The number of hydrogen-bond acceptors (Lipinski definition) is 3. The van der Waals surface area contributed by atoms with Crippen LogP contribution in [0.1, 0.15) is 26.3 Å². The van der Waals surface area contributed by atoms with Crippen molar-refractivity contribution in [1.82, 2.24) is 4.90 Å². The first-order chi connectivity index (χ1) is 10.1. The summed E-state index contributed by atoms with van der Waals surface area (Å²) in [5.41, 5.74) is -1.09. The summed E-state index contributed by atoms with van der Waals surface area (Å²) in [6.45, 7) is 0.239. The van der Waals surface area contributed by atoms with Crippen molar-refractivity contribution in [2.45, 2.75) is 32.9 Å². The number of para-hydroxylation sites is 1. The number of carbonyl (C=O) groups is 1. The van der Waals surface area contributed by atoms with Crippen LogP contribution in [0.25, 0.3) is 0 Å². The third-order valence-electron chi connectivity index (χ3n) is 3.10. The van der Waals surface area contributed by atoms with Gasteiger partial charge in [0, 0.05) is 5.56 Å². The minimum Gasteiger partial charge on any atom is -0.494 e. The maximum Gasteiger partial charge on any atom is 0.513 e. The van der Waals surface area contributed by atoms with Crippen LogP contribution in [0.15, 0.2) is 18.2 Å². The number of benzene rings is 1. The van der Waals surface area contributed by atoms with Gasteiger partial charge in [0.15, 0.2) is 0 Å². The lowest BCUT2D eigenvalue weighted by Gasteiger charge is -2.26. The van der Waals surface area contributed by atoms with E-state index in [1.807, 2.05) is 0 Å². The Bertz CT molecular complexity index is 569. The van der Waals surface area contributed by atoms with Crippen LogP contribution in [0.2, 0.25) is 0 Å². The van der Waals surface area contributed by atoms with E-state index in [4.69, 9.17) is 9.47 Å². The molecule has 0 aromatic heterocycles. The zero-order valence-electron chi connectivity index (χ0n) is 12.7. The van der Waals surface area contributed by atoms with Crippen LogP contribution in [0, 0.1) is 0 Å². The van der Waals surface area contributed by atoms with Gasteiger partial charge in [0.05, 0.1) is 18.8 Å². The third-order valence-corrected chi connectivity index (χ3v) is 3.10. The maximum atomic E-state index is 13.1. The van der Waals surface area contributed by atoms with Gasteiger partial charge in [-0.15, -0.1) is 0 Å². The number of ether oxygens (including phenoxy) is 2. The van der Waals surface area contributed by atoms with E-state index in [2.05, 4.69) is 0 Å². The molecule has 0 bridgehead atoms.